The molecule has 4 aromatic carbocycles. The summed E-state index contributed by atoms with van der Waals surface area (Å²) in [5, 5.41) is 2.83. The highest BCUT2D eigenvalue weighted by Crippen LogP contribution is 2.38. The van der Waals surface area contributed by atoms with Crippen molar-refractivity contribution in [1.29, 1.82) is 0 Å². The molecule has 0 spiro atoms. The van der Waals surface area contributed by atoms with Gasteiger partial charge in [-0.2, -0.15) is 13.2 Å². The second kappa shape index (κ2) is 15.9. The predicted octanol–water partition coefficient (Wildman–Crippen LogP) is 8.21. The maximum atomic E-state index is 14.6. The van der Waals surface area contributed by atoms with Gasteiger partial charge >= 0.3 is 6.18 Å². The van der Waals surface area contributed by atoms with Gasteiger partial charge in [0, 0.05) is 24.0 Å². The largest absolute Gasteiger partial charge is 0.417 e. The van der Waals surface area contributed by atoms with Gasteiger partial charge in [-0.05, 0) is 73.4 Å². The molecule has 264 valence electrons. The lowest BCUT2D eigenvalue weighted by molar-refractivity contribution is -0.140. The van der Waals surface area contributed by atoms with Crippen LogP contribution in [0.15, 0.2) is 102 Å². The van der Waals surface area contributed by atoms with E-state index in [1.165, 1.54) is 17.0 Å². The second-order valence-electron chi connectivity index (χ2n) is 12.3. The molecule has 0 bridgehead atoms. The number of aryl methyl sites for hydroxylation is 1. The summed E-state index contributed by atoms with van der Waals surface area (Å²) in [4.78, 5) is 29.8. The molecule has 0 radical (unpaired) electrons. The third-order valence-corrected chi connectivity index (χ3v) is 11.0. The second-order valence-corrected chi connectivity index (χ2v) is 15.0. The van der Waals surface area contributed by atoms with Crippen LogP contribution in [-0.2, 0) is 38.8 Å². The van der Waals surface area contributed by atoms with Crippen molar-refractivity contribution in [3.8, 4) is 0 Å². The number of anilines is 1. The molecule has 1 N–H and O–H groups in total. The Hall–Kier alpha value is -4.06. The third-order valence-electron chi connectivity index (χ3n) is 8.65. The van der Waals surface area contributed by atoms with E-state index in [9.17, 15) is 31.2 Å². The molecule has 1 aliphatic rings. The van der Waals surface area contributed by atoms with Gasteiger partial charge in [0.15, 0.2) is 0 Å². The van der Waals surface area contributed by atoms with E-state index in [0.717, 1.165) is 48.9 Å². The number of nitrogens with zero attached hydrogens (tertiary/aromatic N) is 2. The molecule has 0 aliphatic heterocycles. The summed E-state index contributed by atoms with van der Waals surface area (Å²) >= 11 is 12.2. The zero-order chi connectivity index (χ0) is 36.1. The minimum atomic E-state index is -4.91. The normalized spacial score (nSPS) is 14.3. The van der Waals surface area contributed by atoms with Gasteiger partial charge in [-0.3, -0.25) is 13.9 Å². The van der Waals surface area contributed by atoms with Crippen molar-refractivity contribution in [3.63, 3.8) is 0 Å². The molecular formula is C37H36Cl2F3N3O4S. The maximum absolute atomic E-state index is 14.6. The van der Waals surface area contributed by atoms with E-state index in [1.807, 2.05) is 18.2 Å². The lowest BCUT2D eigenvalue weighted by Crippen LogP contribution is -2.54. The highest BCUT2D eigenvalue weighted by molar-refractivity contribution is 7.92. The van der Waals surface area contributed by atoms with Crippen LogP contribution in [0.1, 0.15) is 47.9 Å². The highest BCUT2D eigenvalue weighted by atomic mass is 35.5. The molecule has 0 aromatic heterocycles. The predicted molar refractivity (Wildman–Crippen MR) is 188 cm³/mol. The first-order valence-electron chi connectivity index (χ1n) is 16.1. The zero-order valence-electron chi connectivity index (χ0n) is 27.2. The van der Waals surface area contributed by atoms with Gasteiger partial charge in [0.1, 0.15) is 12.6 Å². The van der Waals surface area contributed by atoms with Gasteiger partial charge in [-0.25, -0.2) is 8.42 Å². The number of carbonyl (C=O) groups excluding carboxylic acids is 2. The molecule has 1 fully saturated rings. The number of hydrogen-bond acceptors (Lipinski definition) is 4. The number of nitrogens with one attached hydrogen (secondary N) is 1. The number of amides is 2. The van der Waals surface area contributed by atoms with E-state index >= 15 is 0 Å². The molecule has 50 heavy (non-hydrogen) atoms. The first-order chi connectivity index (χ1) is 23.7. The minimum Gasteiger partial charge on any atom is -0.352 e. The topological polar surface area (TPSA) is 86.8 Å². The van der Waals surface area contributed by atoms with E-state index in [2.05, 4.69) is 5.32 Å². The lowest BCUT2D eigenvalue weighted by Gasteiger charge is -2.34. The van der Waals surface area contributed by atoms with Crippen molar-refractivity contribution in [1.82, 2.24) is 10.2 Å². The fourth-order valence-electron chi connectivity index (χ4n) is 6.01. The summed E-state index contributed by atoms with van der Waals surface area (Å²) in [6.07, 6.45) is -1.35. The number of sulfonamides is 1. The number of hydrogen-bond donors (Lipinski definition) is 1. The first-order valence-corrected chi connectivity index (χ1v) is 18.3. The average molecular weight is 747 g/mol. The fourth-order valence-corrected chi connectivity index (χ4v) is 7.85. The smallest absolute Gasteiger partial charge is 0.352 e. The van der Waals surface area contributed by atoms with Crippen LogP contribution in [0.3, 0.4) is 0 Å². The Morgan fingerprint density at radius 2 is 1.54 bits per heavy atom. The van der Waals surface area contributed by atoms with Gasteiger partial charge < -0.3 is 10.2 Å². The van der Waals surface area contributed by atoms with Crippen molar-refractivity contribution in [3.05, 3.63) is 129 Å². The first kappa shape index (κ1) is 37.2. The molecule has 1 aliphatic carbocycles. The molecule has 2 amide bonds. The zero-order valence-corrected chi connectivity index (χ0v) is 29.5. The van der Waals surface area contributed by atoms with Crippen LogP contribution in [0.5, 0.6) is 0 Å². The number of alkyl halides is 3. The van der Waals surface area contributed by atoms with E-state index in [4.69, 9.17) is 23.2 Å². The van der Waals surface area contributed by atoms with Gasteiger partial charge in [0.25, 0.3) is 10.0 Å². The van der Waals surface area contributed by atoms with E-state index in [-0.39, 0.29) is 23.9 Å². The van der Waals surface area contributed by atoms with Gasteiger partial charge in [0.05, 0.1) is 21.2 Å². The monoisotopic (exact) mass is 745 g/mol. The van der Waals surface area contributed by atoms with Crippen LogP contribution in [0.25, 0.3) is 0 Å². The number of carbonyl (C=O) groups is 2. The van der Waals surface area contributed by atoms with Crippen LogP contribution in [0.4, 0.5) is 18.9 Å². The number of halogens is 5. The lowest BCUT2D eigenvalue weighted by atomic mass is 10.0. The average Bonchev–Trinajstić information content (AvgIpc) is 3.58. The maximum Gasteiger partial charge on any atom is 0.417 e. The Balaban J connectivity index is 1.61. The van der Waals surface area contributed by atoms with Crippen LogP contribution in [0.2, 0.25) is 10.0 Å². The summed E-state index contributed by atoms with van der Waals surface area (Å²) in [5.74, 6) is -1.23. The molecule has 0 heterocycles. The molecular weight excluding hydrogens is 710 g/mol. The summed E-state index contributed by atoms with van der Waals surface area (Å²) in [5.41, 5.74) is 0.383. The van der Waals surface area contributed by atoms with Gasteiger partial charge in [-0.15, -0.1) is 0 Å². The Bertz CT molecular complexity index is 1920. The molecule has 7 nitrogen and oxygen atoms in total. The van der Waals surface area contributed by atoms with Crippen molar-refractivity contribution >= 4 is 50.7 Å². The fraction of sp³-hybridized carbons (Fsp3) is 0.297. The minimum absolute atomic E-state index is 0.0860. The summed E-state index contributed by atoms with van der Waals surface area (Å²) in [6.45, 7) is 0.698. The summed E-state index contributed by atoms with van der Waals surface area (Å²) in [6, 6.07) is 23.0. The van der Waals surface area contributed by atoms with Crippen LogP contribution in [0, 0.1) is 6.92 Å². The standard InChI is InChI=1S/C37H36Cl2F3N3O4S/c1-25-14-17-31(18-15-25)50(48,49)45(30-16-19-33(39)32(22-30)37(40,41)42)24-35(46)44(23-27-10-7-11-28(38)20-27)34(21-26-8-3-2-4-9-26)36(47)43-29-12-5-6-13-29/h2-4,7-11,14-20,22,29,34H,5-6,12-13,21,23-24H2,1H3,(H,43,47)/t34-/m0/s1. The molecule has 0 saturated heterocycles. The summed E-state index contributed by atoms with van der Waals surface area (Å²) in [7, 11) is -4.62. The third kappa shape index (κ3) is 9.18. The highest BCUT2D eigenvalue weighted by Gasteiger charge is 2.38. The van der Waals surface area contributed by atoms with Crippen LogP contribution >= 0.6 is 23.2 Å². The molecule has 1 saturated carbocycles. The van der Waals surface area contributed by atoms with E-state index in [0.29, 0.717) is 21.0 Å². The van der Waals surface area contributed by atoms with Crippen LogP contribution < -0.4 is 9.62 Å². The van der Waals surface area contributed by atoms with Crippen molar-refractivity contribution in [2.75, 3.05) is 10.8 Å². The molecule has 13 heteroatoms. The summed E-state index contributed by atoms with van der Waals surface area (Å²) < 4.78 is 71.1. The molecule has 1 atom stereocenters. The van der Waals surface area contributed by atoms with Gasteiger partial charge in [-0.1, -0.05) is 96.2 Å². The van der Waals surface area contributed by atoms with Gasteiger partial charge in [0.2, 0.25) is 11.8 Å². The molecule has 4 aromatic rings. The molecule has 0 unspecified atom stereocenters. The number of benzene rings is 4. The Kier molecular flexibility index (Phi) is 11.8. The quantitative estimate of drug-likeness (QED) is 0.158. The molecule has 5 rings (SSSR count). The van der Waals surface area contributed by atoms with Crippen LogP contribution in [-0.4, -0.2) is 43.8 Å². The Labute approximate surface area is 300 Å². The van der Waals surface area contributed by atoms with Crippen molar-refractivity contribution in [2.45, 2.75) is 68.7 Å². The van der Waals surface area contributed by atoms with Crippen molar-refractivity contribution in [2.24, 2.45) is 0 Å². The van der Waals surface area contributed by atoms with Crippen molar-refractivity contribution < 1.29 is 31.2 Å². The Morgan fingerprint density at radius 1 is 0.880 bits per heavy atom. The SMILES string of the molecule is Cc1ccc(S(=O)(=O)N(CC(=O)N(Cc2cccc(Cl)c2)[C@@H](Cc2ccccc2)C(=O)NC2CCCC2)c2ccc(Cl)c(C(F)(F)F)c2)cc1. The van der Waals surface area contributed by atoms with E-state index in [1.54, 1.807) is 55.5 Å². The van der Waals surface area contributed by atoms with E-state index < -0.39 is 56.9 Å². The Morgan fingerprint density at radius 3 is 2.18 bits per heavy atom. The number of rotatable bonds is 12.